The third kappa shape index (κ3) is 4.06. The van der Waals surface area contributed by atoms with Gasteiger partial charge in [0.25, 0.3) is 5.91 Å². The van der Waals surface area contributed by atoms with E-state index in [9.17, 15) is 4.79 Å². The Morgan fingerprint density at radius 2 is 1.94 bits per heavy atom. The van der Waals surface area contributed by atoms with Crippen molar-refractivity contribution in [1.82, 2.24) is 19.7 Å². The van der Waals surface area contributed by atoms with Crippen molar-refractivity contribution in [3.63, 3.8) is 0 Å². The van der Waals surface area contributed by atoms with Gasteiger partial charge in [-0.25, -0.2) is 9.97 Å². The summed E-state index contributed by atoms with van der Waals surface area (Å²) in [6.45, 7) is 5.09. The van der Waals surface area contributed by atoms with Crippen molar-refractivity contribution in [1.29, 1.82) is 0 Å². The fourth-order valence-corrected chi connectivity index (χ4v) is 6.06. The number of morpholine rings is 1. The van der Waals surface area contributed by atoms with E-state index >= 15 is 0 Å². The monoisotopic (exact) mass is 489 g/mol. The molecule has 1 saturated heterocycles. The van der Waals surface area contributed by atoms with E-state index in [2.05, 4.69) is 40.3 Å². The van der Waals surface area contributed by atoms with Crippen LogP contribution in [0.5, 0.6) is 0 Å². The maximum Gasteiger partial charge on any atom is 0.255 e. The molecule has 1 N–H and O–H groups in total. The van der Waals surface area contributed by atoms with Crippen LogP contribution in [0.1, 0.15) is 20.9 Å². The minimum Gasteiger partial charge on any atom is -0.378 e. The molecule has 0 bridgehead atoms. The van der Waals surface area contributed by atoms with Gasteiger partial charge in [0.15, 0.2) is 4.96 Å². The van der Waals surface area contributed by atoms with Gasteiger partial charge in [-0.3, -0.25) is 9.20 Å². The second-order valence-electron chi connectivity index (χ2n) is 8.26. The number of imidazole rings is 1. The number of carbonyl (C=O) groups excluding carboxylic acids is 1. The molecule has 172 valence electrons. The molecule has 0 radical (unpaired) electrons. The van der Waals surface area contributed by atoms with Crippen LogP contribution in [0.2, 0.25) is 0 Å². The van der Waals surface area contributed by atoms with Gasteiger partial charge < -0.3 is 15.0 Å². The van der Waals surface area contributed by atoms with Gasteiger partial charge in [0.1, 0.15) is 5.82 Å². The number of nitrogens with one attached hydrogen (secondary N) is 1. The number of carbonyl (C=O) groups is 1. The Morgan fingerprint density at radius 3 is 2.76 bits per heavy atom. The SMILES string of the molecule is Cc1cn2cc(CNC(=O)c3ccc(-c4cc5ccccc5s4)nc3N3CCOCC3)nc2s1. The van der Waals surface area contributed by atoms with Gasteiger partial charge in [-0.15, -0.1) is 22.7 Å². The molecule has 0 saturated carbocycles. The molecule has 4 aromatic heterocycles. The number of hydrogen-bond donors (Lipinski definition) is 1. The van der Waals surface area contributed by atoms with Gasteiger partial charge in [-0.05, 0) is 36.6 Å². The fraction of sp³-hybridized carbons (Fsp3) is 0.240. The first-order valence-electron chi connectivity index (χ1n) is 11.2. The van der Waals surface area contributed by atoms with E-state index in [4.69, 9.17) is 9.72 Å². The Kier molecular flexibility index (Phi) is 5.52. The Balaban J connectivity index is 1.29. The van der Waals surface area contributed by atoms with Crippen LogP contribution in [0.3, 0.4) is 0 Å². The van der Waals surface area contributed by atoms with E-state index in [-0.39, 0.29) is 5.91 Å². The van der Waals surface area contributed by atoms with Gasteiger partial charge in [0.2, 0.25) is 0 Å². The van der Waals surface area contributed by atoms with Crippen molar-refractivity contribution < 1.29 is 9.53 Å². The lowest BCUT2D eigenvalue weighted by Gasteiger charge is -2.29. The van der Waals surface area contributed by atoms with Crippen molar-refractivity contribution in [2.75, 3.05) is 31.2 Å². The first kappa shape index (κ1) is 21.3. The van der Waals surface area contributed by atoms with E-state index in [0.717, 1.165) is 21.2 Å². The maximum atomic E-state index is 13.2. The summed E-state index contributed by atoms with van der Waals surface area (Å²) in [5.41, 5.74) is 2.29. The molecule has 0 atom stereocenters. The van der Waals surface area contributed by atoms with Crippen LogP contribution in [0, 0.1) is 6.92 Å². The van der Waals surface area contributed by atoms with E-state index in [1.165, 1.54) is 15.0 Å². The molecular formula is C25H23N5O2S2. The first-order valence-corrected chi connectivity index (χ1v) is 12.8. The number of aryl methyl sites for hydroxylation is 1. The quantitative estimate of drug-likeness (QED) is 0.386. The summed E-state index contributed by atoms with van der Waals surface area (Å²) in [6.07, 6.45) is 4.01. The van der Waals surface area contributed by atoms with Crippen molar-refractivity contribution in [3.8, 4) is 10.6 Å². The molecule has 1 aromatic carbocycles. The minimum atomic E-state index is -0.149. The van der Waals surface area contributed by atoms with Crippen LogP contribution in [0.4, 0.5) is 5.82 Å². The highest BCUT2D eigenvalue weighted by molar-refractivity contribution is 7.22. The largest absolute Gasteiger partial charge is 0.378 e. The second kappa shape index (κ2) is 8.83. The van der Waals surface area contributed by atoms with Crippen LogP contribution >= 0.6 is 22.7 Å². The molecule has 0 spiro atoms. The van der Waals surface area contributed by atoms with Gasteiger partial charge in [-0.2, -0.15) is 0 Å². The average molecular weight is 490 g/mol. The fourth-order valence-electron chi connectivity index (χ4n) is 4.20. The van der Waals surface area contributed by atoms with Gasteiger partial charge in [0, 0.05) is 35.1 Å². The summed E-state index contributed by atoms with van der Waals surface area (Å²) in [6, 6.07) is 14.3. The van der Waals surface area contributed by atoms with Gasteiger partial charge in [0.05, 0.1) is 41.6 Å². The highest BCUT2D eigenvalue weighted by atomic mass is 32.1. The van der Waals surface area contributed by atoms with Gasteiger partial charge >= 0.3 is 0 Å². The zero-order valence-corrected chi connectivity index (χ0v) is 20.3. The number of fused-ring (bicyclic) bond motifs is 2. The second-order valence-corrected chi connectivity index (χ2v) is 10.6. The summed E-state index contributed by atoms with van der Waals surface area (Å²) in [5, 5.41) is 4.24. The molecule has 5 aromatic rings. The molecule has 9 heteroatoms. The predicted octanol–water partition coefficient (Wildman–Crippen LogP) is 4.75. The van der Waals surface area contributed by atoms with Crippen LogP contribution in [0.15, 0.2) is 54.9 Å². The molecular weight excluding hydrogens is 466 g/mol. The van der Waals surface area contributed by atoms with Crippen molar-refractivity contribution in [2.45, 2.75) is 13.5 Å². The highest BCUT2D eigenvalue weighted by Crippen LogP contribution is 2.34. The third-order valence-electron chi connectivity index (χ3n) is 5.86. The smallest absolute Gasteiger partial charge is 0.255 e. The van der Waals surface area contributed by atoms with Crippen molar-refractivity contribution in [3.05, 3.63) is 71.0 Å². The Labute approximate surface area is 204 Å². The number of hydrogen-bond acceptors (Lipinski definition) is 7. The van der Waals surface area contributed by atoms with Crippen LogP contribution in [0.25, 0.3) is 25.6 Å². The number of ether oxygens (including phenoxy) is 1. The molecule has 1 fully saturated rings. The standard InChI is InChI=1S/C25H23N5O2S2/c1-16-14-30-15-18(27-25(30)33-16)13-26-24(31)19-6-7-20(28-23(19)29-8-10-32-11-9-29)22-12-17-4-2-3-5-21(17)34-22/h2-7,12,14-15H,8-11,13H2,1H3,(H,26,31). The zero-order valence-electron chi connectivity index (χ0n) is 18.7. The summed E-state index contributed by atoms with van der Waals surface area (Å²) in [5.74, 6) is 0.557. The highest BCUT2D eigenvalue weighted by Gasteiger charge is 2.22. The van der Waals surface area contributed by atoms with E-state index < -0.39 is 0 Å². The minimum absolute atomic E-state index is 0.149. The van der Waals surface area contributed by atoms with E-state index in [1.54, 1.807) is 22.7 Å². The number of benzene rings is 1. The summed E-state index contributed by atoms with van der Waals surface area (Å²) in [4.78, 5) is 28.2. The molecule has 7 nitrogen and oxygen atoms in total. The first-order chi connectivity index (χ1) is 16.6. The Morgan fingerprint density at radius 1 is 1.09 bits per heavy atom. The van der Waals surface area contributed by atoms with Crippen LogP contribution in [-0.4, -0.2) is 46.6 Å². The molecule has 0 aliphatic carbocycles. The molecule has 1 amide bonds. The lowest BCUT2D eigenvalue weighted by atomic mass is 10.1. The van der Waals surface area contributed by atoms with Crippen LogP contribution in [-0.2, 0) is 11.3 Å². The molecule has 0 unspecified atom stereocenters. The summed E-state index contributed by atoms with van der Waals surface area (Å²) in [7, 11) is 0. The number of pyridine rings is 1. The molecule has 34 heavy (non-hydrogen) atoms. The number of aromatic nitrogens is 3. The maximum absolute atomic E-state index is 13.2. The summed E-state index contributed by atoms with van der Waals surface area (Å²) < 4.78 is 8.76. The van der Waals surface area contributed by atoms with Crippen molar-refractivity contribution >= 4 is 49.4 Å². The lowest BCUT2D eigenvalue weighted by Crippen LogP contribution is -2.38. The van der Waals surface area contributed by atoms with E-state index in [0.29, 0.717) is 44.2 Å². The zero-order chi connectivity index (χ0) is 23.1. The average Bonchev–Trinajstić information content (AvgIpc) is 3.55. The summed E-state index contributed by atoms with van der Waals surface area (Å²) >= 11 is 3.35. The third-order valence-corrected chi connectivity index (χ3v) is 7.91. The molecule has 1 aliphatic rings. The number of nitrogens with zero attached hydrogens (tertiary/aromatic N) is 4. The number of thiophene rings is 1. The predicted molar refractivity (Wildman–Crippen MR) is 137 cm³/mol. The Bertz CT molecular complexity index is 1430. The number of rotatable bonds is 5. The number of amides is 1. The normalized spacial score (nSPS) is 14.2. The molecule has 1 aliphatic heterocycles. The lowest BCUT2D eigenvalue weighted by molar-refractivity contribution is 0.0948. The van der Waals surface area contributed by atoms with Crippen molar-refractivity contribution in [2.24, 2.45) is 0 Å². The molecule has 6 rings (SSSR count). The number of anilines is 1. The van der Waals surface area contributed by atoms with E-state index in [1.807, 2.05) is 41.1 Å². The van der Waals surface area contributed by atoms with Crippen LogP contribution < -0.4 is 10.2 Å². The number of thiazole rings is 1. The topological polar surface area (TPSA) is 71.8 Å². The van der Waals surface area contributed by atoms with Gasteiger partial charge in [-0.1, -0.05) is 18.2 Å². The Hall–Kier alpha value is -3.27. The molecule has 5 heterocycles.